The van der Waals surface area contributed by atoms with Crippen molar-refractivity contribution >= 4 is 27.7 Å². The molecule has 0 bridgehead atoms. The van der Waals surface area contributed by atoms with Crippen LogP contribution in [0.2, 0.25) is 0 Å². The minimum absolute atomic E-state index is 0.0643. The number of aliphatic hydroxyl groups is 1. The molecular formula is C25H25F3N4O5. The molecule has 1 fully saturated rings. The first-order chi connectivity index (χ1) is 17.7. The molecular weight excluding hydrogens is 493 g/mol. The highest BCUT2D eigenvalue weighted by Crippen LogP contribution is 2.33. The van der Waals surface area contributed by atoms with Gasteiger partial charge in [-0.25, -0.2) is 0 Å². The van der Waals surface area contributed by atoms with Gasteiger partial charge >= 0.3 is 6.18 Å². The van der Waals surface area contributed by atoms with Crippen molar-refractivity contribution in [3.05, 3.63) is 64.0 Å². The van der Waals surface area contributed by atoms with Gasteiger partial charge in [0.25, 0.3) is 11.5 Å². The number of carbonyl (C=O) groups excluding carboxylic acids is 1. The Morgan fingerprint density at radius 1 is 1.16 bits per heavy atom. The Morgan fingerprint density at radius 3 is 2.57 bits per heavy atom. The van der Waals surface area contributed by atoms with Gasteiger partial charge in [0.1, 0.15) is 16.8 Å². The number of alkyl halides is 3. The highest BCUT2D eigenvalue weighted by atomic mass is 19.4. The lowest BCUT2D eigenvalue weighted by molar-refractivity contribution is -0.153. The number of nitrogens with one attached hydrogen (secondary N) is 2. The van der Waals surface area contributed by atoms with E-state index < -0.39 is 29.2 Å². The van der Waals surface area contributed by atoms with Gasteiger partial charge in [-0.05, 0) is 31.0 Å². The summed E-state index contributed by atoms with van der Waals surface area (Å²) in [6.45, 7) is 1.75. The van der Waals surface area contributed by atoms with Crippen LogP contribution >= 0.6 is 0 Å². The standard InChI is InChI=1S/C25H25F3N4O5/c26-25(27,28)18-6-5-15(37-18)13-32-17-4-2-1-3-16(17)20-19(24(32)36)22(34)21(30-20)23(35)29-14-7-9-31(10-8-14)11-12-33/h1-6,14,30,33-34H,7-13H2,(H,29,35). The number of hydrogen-bond donors (Lipinski definition) is 4. The van der Waals surface area contributed by atoms with E-state index in [9.17, 15) is 27.9 Å². The van der Waals surface area contributed by atoms with E-state index in [2.05, 4.69) is 15.2 Å². The number of aromatic nitrogens is 2. The number of amides is 1. The number of likely N-dealkylation sites (tertiary alicyclic amines) is 1. The van der Waals surface area contributed by atoms with Crippen LogP contribution in [0, 0.1) is 0 Å². The molecule has 4 aromatic rings. The van der Waals surface area contributed by atoms with Crippen LogP contribution in [0.15, 0.2) is 45.6 Å². The molecule has 12 heteroatoms. The average molecular weight is 518 g/mol. The lowest BCUT2D eigenvalue weighted by atomic mass is 10.0. The lowest BCUT2D eigenvalue weighted by Gasteiger charge is -2.31. The third-order valence-corrected chi connectivity index (χ3v) is 6.72. The smallest absolute Gasteiger partial charge is 0.449 e. The van der Waals surface area contributed by atoms with Crippen LogP contribution in [0.4, 0.5) is 13.2 Å². The van der Waals surface area contributed by atoms with E-state index in [1.165, 1.54) is 4.57 Å². The molecule has 4 heterocycles. The van der Waals surface area contributed by atoms with Gasteiger partial charge in [-0.3, -0.25) is 14.2 Å². The first-order valence-corrected chi connectivity index (χ1v) is 11.8. The third-order valence-electron chi connectivity index (χ3n) is 6.72. The SMILES string of the molecule is O=C(NC1CCN(CCO)CC1)c1[nH]c2c(c1O)c(=O)n(Cc1ccc(C(F)(F)F)o1)c1ccccc21. The van der Waals surface area contributed by atoms with Gasteiger partial charge in [0.2, 0.25) is 5.76 Å². The van der Waals surface area contributed by atoms with E-state index in [1.54, 1.807) is 24.3 Å². The second-order valence-electron chi connectivity index (χ2n) is 9.08. The maximum atomic E-state index is 13.5. The number of carbonyl (C=O) groups is 1. The molecule has 0 spiro atoms. The highest BCUT2D eigenvalue weighted by molar-refractivity contribution is 6.11. The Morgan fingerprint density at radius 2 is 1.89 bits per heavy atom. The molecule has 1 aromatic carbocycles. The Bertz CT molecular complexity index is 1510. The van der Waals surface area contributed by atoms with E-state index in [4.69, 9.17) is 9.52 Å². The lowest BCUT2D eigenvalue weighted by Crippen LogP contribution is -2.45. The van der Waals surface area contributed by atoms with E-state index in [0.29, 0.717) is 43.4 Å². The van der Waals surface area contributed by atoms with Crippen molar-refractivity contribution in [3.8, 4) is 5.75 Å². The number of rotatable bonds is 6. The van der Waals surface area contributed by atoms with Gasteiger partial charge in [-0.1, -0.05) is 18.2 Å². The minimum Gasteiger partial charge on any atom is -0.505 e. The van der Waals surface area contributed by atoms with Crippen LogP contribution in [0.25, 0.3) is 21.8 Å². The zero-order chi connectivity index (χ0) is 26.3. The number of H-pyrrole nitrogens is 1. The van der Waals surface area contributed by atoms with Crippen molar-refractivity contribution in [2.75, 3.05) is 26.2 Å². The number of fused-ring (bicyclic) bond motifs is 3. The van der Waals surface area contributed by atoms with Gasteiger partial charge in [-0.2, -0.15) is 13.2 Å². The Balaban J connectivity index is 1.50. The summed E-state index contributed by atoms with van der Waals surface area (Å²) in [5.41, 5.74) is -0.184. The molecule has 0 unspecified atom stereocenters. The van der Waals surface area contributed by atoms with Crippen molar-refractivity contribution in [2.45, 2.75) is 31.6 Å². The molecule has 0 aliphatic carbocycles. The van der Waals surface area contributed by atoms with Crippen molar-refractivity contribution in [2.24, 2.45) is 0 Å². The van der Waals surface area contributed by atoms with Crippen LogP contribution in [0.5, 0.6) is 5.75 Å². The fourth-order valence-electron chi connectivity index (χ4n) is 4.86. The van der Waals surface area contributed by atoms with E-state index in [1.807, 2.05) is 0 Å². The predicted molar refractivity (Wildman–Crippen MR) is 129 cm³/mol. The number of aromatic hydroxyl groups is 1. The molecule has 1 amide bonds. The monoisotopic (exact) mass is 518 g/mol. The van der Waals surface area contributed by atoms with Crippen molar-refractivity contribution in [1.82, 2.24) is 19.8 Å². The topological polar surface area (TPSA) is 124 Å². The predicted octanol–water partition coefficient (Wildman–Crippen LogP) is 3.04. The first kappa shape index (κ1) is 24.9. The zero-order valence-corrected chi connectivity index (χ0v) is 19.6. The van der Waals surface area contributed by atoms with Crippen LogP contribution in [0.1, 0.15) is 34.9 Å². The second-order valence-corrected chi connectivity index (χ2v) is 9.08. The summed E-state index contributed by atoms with van der Waals surface area (Å²) in [5.74, 6) is -2.35. The Hall–Kier alpha value is -3.77. The normalized spacial score (nSPS) is 15.6. The molecule has 5 rings (SSSR count). The first-order valence-electron chi connectivity index (χ1n) is 11.8. The van der Waals surface area contributed by atoms with Gasteiger partial charge < -0.3 is 29.8 Å². The number of pyridine rings is 1. The molecule has 196 valence electrons. The molecule has 3 aromatic heterocycles. The number of piperidine rings is 1. The van der Waals surface area contributed by atoms with Crippen molar-refractivity contribution < 1.29 is 32.6 Å². The number of β-amino-alcohol motifs (C(OH)–C–C–N with tert-alkyl or cyclic N) is 1. The molecule has 0 atom stereocenters. The quantitative estimate of drug-likeness (QED) is 0.311. The molecule has 4 N–H and O–H groups in total. The number of para-hydroxylation sites is 1. The van der Waals surface area contributed by atoms with Crippen molar-refractivity contribution in [1.29, 1.82) is 0 Å². The number of hydrogen-bond acceptors (Lipinski definition) is 6. The number of nitrogens with zero attached hydrogens (tertiary/aromatic N) is 2. The van der Waals surface area contributed by atoms with E-state index >= 15 is 0 Å². The molecule has 37 heavy (non-hydrogen) atoms. The molecule has 1 saturated heterocycles. The molecule has 0 radical (unpaired) electrons. The Labute approximate surface area is 208 Å². The van der Waals surface area contributed by atoms with Gasteiger partial charge in [0.15, 0.2) is 5.75 Å². The summed E-state index contributed by atoms with van der Waals surface area (Å²) in [4.78, 5) is 31.5. The van der Waals surface area contributed by atoms with Crippen molar-refractivity contribution in [3.63, 3.8) is 0 Å². The van der Waals surface area contributed by atoms with E-state index in [-0.39, 0.29) is 41.6 Å². The highest BCUT2D eigenvalue weighted by Gasteiger charge is 2.35. The number of furan rings is 1. The van der Waals surface area contributed by atoms with Crippen LogP contribution in [-0.2, 0) is 12.7 Å². The Kier molecular flexibility index (Phi) is 6.46. The molecule has 1 aliphatic rings. The number of aliphatic hydroxyl groups excluding tert-OH is 1. The summed E-state index contributed by atoms with van der Waals surface area (Å²) in [6, 6.07) is 8.51. The fraction of sp³-hybridized carbons (Fsp3) is 0.360. The summed E-state index contributed by atoms with van der Waals surface area (Å²) in [5, 5.41) is 23.3. The number of benzene rings is 1. The number of aromatic amines is 1. The van der Waals surface area contributed by atoms with Crippen LogP contribution in [-0.4, -0.2) is 62.9 Å². The third kappa shape index (κ3) is 4.69. The average Bonchev–Trinajstić information content (AvgIpc) is 3.48. The maximum absolute atomic E-state index is 13.5. The van der Waals surface area contributed by atoms with Gasteiger partial charge in [0.05, 0.1) is 24.2 Å². The fourth-order valence-corrected chi connectivity index (χ4v) is 4.86. The maximum Gasteiger partial charge on any atom is 0.449 e. The summed E-state index contributed by atoms with van der Waals surface area (Å²) in [6.07, 6.45) is -3.32. The van der Waals surface area contributed by atoms with Gasteiger partial charge in [0, 0.05) is 31.1 Å². The molecule has 1 aliphatic heterocycles. The number of halogens is 3. The van der Waals surface area contributed by atoms with E-state index in [0.717, 1.165) is 12.1 Å². The summed E-state index contributed by atoms with van der Waals surface area (Å²) >= 11 is 0. The van der Waals surface area contributed by atoms with Gasteiger partial charge in [-0.15, -0.1) is 0 Å². The molecule has 0 saturated carbocycles. The second kappa shape index (κ2) is 9.60. The largest absolute Gasteiger partial charge is 0.505 e. The molecule has 9 nitrogen and oxygen atoms in total. The van der Waals surface area contributed by atoms with Crippen LogP contribution < -0.4 is 10.9 Å². The van der Waals surface area contributed by atoms with Crippen LogP contribution in [0.3, 0.4) is 0 Å². The summed E-state index contributed by atoms with van der Waals surface area (Å²) < 4.78 is 45.1. The minimum atomic E-state index is -4.66. The zero-order valence-electron chi connectivity index (χ0n) is 19.6. The summed E-state index contributed by atoms with van der Waals surface area (Å²) in [7, 11) is 0.